The second-order valence-corrected chi connectivity index (χ2v) is 8.39. The van der Waals surface area contributed by atoms with E-state index in [4.69, 9.17) is 9.15 Å². The lowest BCUT2D eigenvalue weighted by Crippen LogP contribution is -2.35. The van der Waals surface area contributed by atoms with E-state index in [1.165, 1.54) is 24.6 Å². The Bertz CT molecular complexity index is 1080. The van der Waals surface area contributed by atoms with Crippen molar-refractivity contribution in [3.63, 3.8) is 0 Å². The number of allylic oxidation sites excluding steroid dienone is 1. The second kappa shape index (κ2) is 10.7. The summed E-state index contributed by atoms with van der Waals surface area (Å²) in [5.74, 6) is 0.120. The Balaban J connectivity index is 1.66. The minimum atomic E-state index is -0.646. The average Bonchev–Trinajstić information content (AvgIpc) is 3.44. The number of imidazole rings is 1. The van der Waals surface area contributed by atoms with E-state index in [0.29, 0.717) is 24.4 Å². The number of aromatic amines is 1. The summed E-state index contributed by atoms with van der Waals surface area (Å²) in [6, 6.07) is 5.54. The third-order valence-corrected chi connectivity index (χ3v) is 4.52. The summed E-state index contributed by atoms with van der Waals surface area (Å²) in [6.07, 6.45) is 8.75. The van der Waals surface area contributed by atoms with E-state index in [2.05, 4.69) is 20.3 Å². The van der Waals surface area contributed by atoms with Gasteiger partial charge in [0.05, 0.1) is 24.1 Å². The normalized spacial score (nSPS) is 12.6. The highest BCUT2D eigenvalue weighted by atomic mass is 19.1. The largest absolute Gasteiger partial charge is 0.444 e. The maximum absolute atomic E-state index is 13.2. The molecule has 8 nitrogen and oxygen atoms in total. The zero-order chi connectivity index (χ0) is 23.8. The molecule has 2 heterocycles. The third kappa shape index (κ3) is 7.41. The van der Waals surface area contributed by atoms with Crippen molar-refractivity contribution in [1.82, 2.24) is 20.3 Å². The van der Waals surface area contributed by atoms with E-state index >= 15 is 0 Å². The van der Waals surface area contributed by atoms with Crippen LogP contribution in [-0.2, 0) is 4.74 Å². The molecule has 3 aromatic rings. The van der Waals surface area contributed by atoms with E-state index in [1.807, 2.05) is 12.2 Å². The molecule has 0 radical (unpaired) electrons. The smallest absolute Gasteiger partial charge is 0.408 e. The standard InChI is InChI=1S/C24H27FN4O4/c1-24(2,3)33-23(31)29-18(7-5-4-6-8-20(30)22-26-13-14-32-22)21-27-15-19(28-21)16-9-11-17(25)12-10-16/h4-5,9-15,18H,6-8H2,1-3H3,(H,27,28)(H,29,31). The molecule has 174 valence electrons. The molecule has 1 atom stereocenters. The Labute approximate surface area is 191 Å². The fourth-order valence-electron chi connectivity index (χ4n) is 3.01. The van der Waals surface area contributed by atoms with Crippen molar-refractivity contribution < 1.29 is 23.1 Å². The molecule has 0 fully saturated rings. The molecule has 0 saturated heterocycles. The molecule has 3 rings (SSSR count). The molecule has 0 aliphatic rings. The number of benzene rings is 1. The number of H-pyrrole nitrogens is 1. The highest BCUT2D eigenvalue weighted by molar-refractivity contribution is 5.91. The van der Waals surface area contributed by atoms with Gasteiger partial charge in [-0.1, -0.05) is 12.2 Å². The summed E-state index contributed by atoms with van der Waals surface area (Å²) in [7, 11) is 0. The Hall–Kier alpha value is -3.75. The first-order valence-electron chi connectivity index (χ1n) is 10.6. The number of carbonyl (C=O) groups is 2. The van der Waals surface area contributed by atoms with E-state index in [9.17, 15) is 14.0 Å². The topological polar surface area (TPSA) is 110 Å². The van der Waals surface area contributed by atoms with Gasteiger partial charge in [-0.2, -0.15) is 0 Å². The molecular formula is C24H27FN4O4. The highest BCUT2D eigenvalue weighted by Crippen LogP contribution is 2.22. The number of hydrogen-bond acceptors (Lipinski definition) is 6. The van der Waals surface area contributed by atoms with Crippen LogP contribution in [0.25, 0.3) is 11.3 Å². The van der Waals surface area contributed by atoms with Crippen molar-refractivity contribution >= 4 is 11.9 Å². The van der Waals surface area contributed by atoms with Crippen molar-refractivity contribution in [2.75, 3.05) is 0 Å². The van der Waals surface area contributed by atoms with Crippen molar-refractivity contribution in [1.29, 1.82) is 0 Å². The first kappa shape index (κ1) is 23.9. The van der Waals surface area contributed by atoms with Gasteiger partial charge in [0.1, 0.15) is 23.5 Å². The molecule has 33 heavy (non-hydrogen) atoms. The SMILES string of the molecule is CC(C)(C)OC(=O)NC(CC=CCCC(=O)c1ncco1)c1ncc(-c2ccc(F)cc2)[nH]1. The Morgan fingerprint density at radius 2 is 1.97 bits per heavy atom. The van der Waals surface area contributed by atoms with Gasteiger partial charge in [-0.15, -0.1) is 0 Å². The van der Waals surface area contributed by atoms with E-state index < -0.39 is 17.7 Å². The molecule has 1 amide bonds. The van der Waals surface area contributed by atoms with Crippen LogP contribution in [0.2, 0.25) is 0 Å². The number of nitrogens with one attached hydrogen (secondary N) is 2. The summed E-state index contributed by atoms with van der Waals surface area (Å²) in [4.78, 5) is 35.7. The average molecular weight is 455 g/mol. The van der Waals surface area contributed by atoms with E-state index in [0.717, 1.165) is 5.56 Å². The fourth-order valence-corrected chi connectivity index (χ4v) is 3.01. The van der Waals surface area contributed by atoms with Gasteiger partial charge >= 0.3 is 6.09 Å². The van der Waals surface area contributed by atoms with Crippen molar-refractivity contribution in [3.05, 3.63) is 72.6 Å². The lowest BCUT2D eigenvalue weighted by molar-refractivity contribution is 0.0501. The number of alkyl carbamates (subject to hydrolysis) is 1. The molecule has 0 aliphatic heterocycles. The van der Waals surface area contributed by atoms with Gasteiger partial charge in [0, 0.05) is 6.42 Å². The van der Waals surface area contributed by atoms with Gasteiger partial charge in [0.15, 0.2) is 0 Å². The number of oxazole rings is 1. The zero-order valence-electron chi connectivity index (χ0n) is 18.8. The third-order valence-electron chi connectivity index (χ3n) is 4.52. The minimum Gasteiger partial charge on any atom is -0.444 e. The zero-order valence-corrected chi connectivity index (χ0v) is 18.8. The molecule has 0 saturated carbocycles. The number of amides is 1. The predicted molar refractivity (Wildman–Crippen MR) is 120 cm³/mol. The van der Waals surface area contributed by atoms with Crippen LogP contribution in [-0.4, -0.2) is 32.4 Å². The summed E-state index contributed by atoms with van der Waals surface area (Å²) in [5.41, 5.74) is 0.820. The first-order valence-corrected chi connectivity index (χ1v) is 10.6. The Kier molecular flexibility index (Phi) is 7.76. The van der Waals surface area contributed by atoms with Crippen LogP contribution >= 0.6 is 0 Å². The van der Waals surface area contributed by atoms with Gasteiger partial charge in [-0.25, -0.2) is 19.2 Å². The van der Waals surface area contributed by atoms with Gasteiger partial charge in [0.25, 0.3) is 5.89 Å². The number of hydrogen-bond donors (Lipinski definition) is 2. The molecule has 2 aromatic heterocycles. The number of rotatable bonds is 9. The van der Waals surface area contributed by atoms with Crippen LogP contribution in [0.3, 0.4) is 0 Å². The number of halogens is 1. The van der Waals surface area contributed by atoms with Gasteiger partial charge in [0.2, 0.25) is 5.78 Å². The fraction of sp³-hybridized carbons (Fsp3) is 0.333. The number of ether oxygens (including phenoxy) is 1. The van der Waals surface area contributed by atoms with Gasteiger partial charge in [-0.05, 0) is 63.4 Å². The molecular weight excluding hydrogens is 427 g/mol. The molecule has 0 spiro atoms. The number of Topliss-reactive ketones (excluding diaryl/α,β-unsaturated/α-hetero) is 1. The molecule has 2 N–H and O–H groups in total. The number of carbonyl (C=O) groups excluding carboxylic acids is 2. The quantitative estimate of drug-likeness (QED) is 0.332. The van der Waals surface area contributed by atoms with Crippen molar-refractivity contribution in [2.45, 2.75) is 51.7 Å². The van der Waals surface area contributed by atoms with E-state index in [1.54, 1.807) is 39.1 Å². The summed E-state index contributed by atoms with van der Waals surface area (Å²) in [6.45, 7) is 5.35. The van der Waals surface area contributed by atoms with Crippen LogP contribution in [0.5, 0.6) is 0 Å². The Morgan fingerprint density at radius 1 is 1.21 bits per heavy atom. The number of aromatic nitrogens is 3. The van der Waals surface area contributed by atoms with Gasteiger partial charge in [-0.3, -0.25) is 4.79 Å². The van der Waals surface area contributed by atoms with Crippen LogP contribution < -0.4 is 5.32 Å². The minimum absolute atomic E-state index is 0.0942. The predicted octanol–water partition coefficient (Wildman–Crippen LogP) is 5.38. The van der Waals surface area contributed by atoms with Crippen molar-refractivity contribution in [2.24, 2.45) is 0 Å². The summed E-state index contributed by atoms with van der Waals surface area (Å²) < 4.78 is 23.6. The van der Waals surface area contributed by atoms with Crippen molar-refractivity contribution in [3.8, 4) is 11.3 Å². The lowest BCUT2D eigenvalue weighted by Gasteiger charge is -2.22. The molecule has 9 heteroatoms. The highest BCUT2D eigenvalue weighted by Gasteiger charge is 2.22. The molecule has 0 aliphatic carbocycles. The molecule has 0 bridgehead atoms. The monoisotopic (exact) mass is 454 g/mol. The molecule has 1 unspecified atom stereocenters. The van der Waals surface area contributed by atoms with Gasteiger partial charge < -0.3 is 19.5 Å². The van der Waals surface area contributed by atoms with Crippen LogP contribution in [0.4, 0.5) is 9.18 Å². The second-order valence-electron chi connectivity index (χ2n) is 8.39. The number of ketones is 1. The number of nitrogens with zero attached hydrogens (tertiary/aromatic N) is 2. The van der Waals surface area contributed by atoms with Crippen LogP contribution in [0.1, 0.15) is 62.6 Å². The summed E-state index contributed by atoms with van der Waals surface area (Å²) >= 11 is 0. The molecule has 1 aromatic carbocycles. The summed E-state index contributed by atoms with van der Waals surface area (Å²) in [5, 5.41) is 2.83. The Morgan fingerprint density at radius 3 is 2.64 bits per heavy atom. The lowest BCUT2D eigenvalue weighted by atomic mass is 10.1. The maximum atomic E-state index is 13.2. The van der Waals surface area contributed by atoms with Crippen LogP contribution in [0.15, 0.2) is 59.5 Å². The first-order chi connectivity index (χ1) is 15.7. The van der Waals surface area contributed by atoms with Crippen LogP contribution in [0, 0.1) is 5.82 Å². The maximum Gasteiger partial charge on any atom is 0.408 e. The van der Waals surface area contributed by atoms with E-state index in [-0.39, 0.29) is 23.9 Å².